The van der Waals surface area contributed by atoms with Crippen molar-refractivity contribution in [2.75, 3.05) is 12.3 Å². The van der Waals surface area contributed by atoms with Gasteiger partial charge in [0.1, 0.15) is 0 Å². The van der Waals surface area contributed by atoms with Crippen LogP contribution in [-0.2, 0) is 11.2 Å². The van der Waals surface area contributed by atoms with Crippen LogP contribution in [0.25, 0.3) is 0 Å². The van der Waals surface area contributed by atoms with E-state index in [0.717, 1.165) is 11.3 Å². The Labute approximate surface area is 146 Å². The molecular formula is C19H20N2O2S. The summed E-state index contributed by atoms with van der Waals surface area (Å²) in [6.07, 6.45) is 0.864. The van der Waals surface area contributed by atoms with Gasteiger partial charge in [-0.3, -0.25) is 9.59 Å². The van der Waals surface area contributed by atoms with Crippen molar-refractivity contribution in [3.05, 3.63) is 65.2 Å². The van der Waals surface area contributed by atoms with Gasteiger partial charge in [-0.25, -0.2) is 0 Å². The van der Waals surface area contributed by atoms with Crippen LogP contribution in [-0.4, -0.2) is 29.0 Å². The summed E-state index contributed by atoms with van der Waals surface area (Å²) in [5, 5.41) is 0. The molecule has 0 fully saturated rings. The molecule has 124 valence electrons. The van der Waals surface area contributed by atoms with Gasteiger partial charge < -0.3 is 10.6 Å². The van der Waals surface area contributed by atoms with Crippen molar-refractivity contribution in [2.45, 2.75) is 24.3 Å². The molecule has 0 spiro atoms. The molecule has 0 unspecified atom stereocenters. The SMILES string of the molecule is C[C@H]1c2ccccc2CCN1C(=O)c1ccccc1SCC(N)=O. The van der Waals surface area contributed by atoms with Crippen LogP contribution in [0.15, 0.2) is 53.4 Å². The van der Waals surface area contributed by atoms with Crippen LogP contribution in [0.3, 0.4) is 0 Å². The number of thioether (sulfide) groups is 1. The molecule has 2 aromatic carbocycles. The second kappa shape index (κ2) is 7.09. The molecule has 24 heavy (non-hydrogen) atoms. The molecule has 1 heterocycles. The molecule has 1 aliphatic heterocycles. The van der Waals surface area contributed by atoms with E-state index >= 15 is 0 Å². The lowest BCUT2D eigenvalue weighted by Crippen LogP contribution is -2.39. The number of carbonyl (C=O) groups excluding carboxylic acids is 2. The fraction of sp³-hybridized carbons (Fsp3) is 0.263. The standard InChI is InChI=1S/C19H20N2O2S/c1-13-15-7-3-2-6-14(15)10-11-21(13)19(23)16-8-4-5-9-17(16)24-12-18(20)22/h2-9,13H,10-12H2,1H3,(H2,20,22)/t13-/m0/s1. The second-order valence-electron chi connectivity index (χ2n) is 5.87. The smallest absolute Gasteiger partial charge is 0.255 e. The van der Waals surface area contributed by atoms with Crippen molar-refractivity contribution < 1.29 is 9.59 Å². The maximum Gasteiger partial charge on any atom is 0.255 e. The summed E-state index contributed by atoms with van der Waals surface area (Å²) in [6, 6.07) is 15.7. The van der Waals surface area contributed by atoms with Crippen LogP contribution in [0.4, 0.5) is 0 Å². The van der Waals surface area contributed by atoms with Crippen LogP contribution in [0.5, 0.6) is 0 Å². The molecule has 0 aliphatic carbocycles. The fourth-order valence-electron chi connectivity index (χ4n) is 3.12. The van der Waals surface area contributed by atoms with E-state index in [1.807, 2.05) is 41.3 Å². The highest BCUT2D eigenvalue weighted by atomic mass is 32.2. The maximum atomic E-state index is 13.1. The molecule has 0 aromatic heterocycles. The summed E-state index contributed by atoms with van der Waals surface area (Å²) in [7, 11) is 0. The first-order valence-electron chi connectivity index (χ1n) is 7.97. The van der Waals surface area contributed by atoms with Crippen molar-refractivity contribution in [3.63, 3.8) is 0 Å². The van der Waals surface area contributed by atoms with Gasteiger partial charge in [0.25, 0.3) is 5.91 Å². The minimum absolute atomic E-state index is 0.00423. The van der Waals surface area contributed by atoms with Gasteiger partial charge in [-0.2, -0.15) is 0 Å². The van der Waals surface area contributed by atoms with Gasteiger partial charge in [-0.1, -0.05) is 36.4 Å². The Hall–Kier alpha value is -2.27. The second-order valence-corrected chi connectivity index (χ2v) is 6.89. The van der Waals surface area contributed by atoms with E-state index < -0.39 is 0 Å². The number of rotatable bonds is 4. The quantitative estimate of drug-likeness (QED) is 0.870. The minimum atomic E-state index is -0.387. The molecule has 3 rings (SSSR count). The predicted octanol–water partition coefficient (Wildman–Crippen LogP) is 3.02. The number of nitrogens with two attached hydrogens (primary N) is 1. The Morgan fingerprint density at radius 1 is 1.17 bits per heavy atom. The Morgan fingerprint density at radius 2 is 1.88 bits per heavy atom. The molecule has 0 radical (unpaired) electrons. The molecule has 2 N–H and O–H groups in total. The lowest BCUT2D eigenvalue weighted by molar-refractivity contribution is -0.115. The summed E-state index contributed by atoms with van der Waals surface area (Å²) >= 11 is 1.31. The van der Waals surface area contributed by atoms with Gasteiger partial charge in [-0.15, -0.1) is 11.8 Å². The number of primary amides is 1. The molecule has 4 nitrogen and oxygen atoms in total. The van der Waals surface area contributed by atoms with E-state index in [1.54, 1.807) is 0 Å². The number of hydrogen-bond donors (Lipinski definition) is 1. The van der Waals surface area contributed by atoms with Gasteiger partial charge in [0.05, 0.1) is 17.4 Å². The van der Waals surface area contributed by atoms with Gasteiger partial charge in [0.15, 0.2) is 0 Å². The van der Waals surface area contributed by atoms with Crippen LogP contribution in [0, 0.1) is 0 Å². The van der Waals surface area contributed by atoms with Crippen LogP contribution >= 0.6 is 11.8 Å². The molecule has 1 aliphatic rings. The lowest BCUT2D eigenvalue weighted by Gasteiger charge is -2.35. The number of nitrogens with zero attached hydrogens (tertiary/aromatic N) is 1. The van der Waals surface area contributed by atoms with E-state index in [9.17, 15) is 9.59 Å². The Morgan fingerprint density at radius 3 is 2.67 bits per heavy atom. The third kappa shape index (κ3) is 3.31. The van der Waals surface area contributed by atoms with Crippen molar-refractivity contribution in [3.8, 4) is 0 Å². The normalized spacial score (nSPS) is 16.5. The van der Waals surface area contributed by atoms with Gasteiger partial charge >= 0.3 is 0 Å². The summed E-state index contributed by atoms with van der Waals surface area (Å²) in [6.45, 7) is 2.76. The number of hydrogen-bond acceptors (Lipinski definition) is 3. The van der Waals surface area contributed by atoms with Crippen molar-refractivity contribution >= 4 is 23.6 Å². The first-order valence-corrected chi connectivity index (χ1v) is 8.95. The number of fused-ring (bicyclic) bond motifs is 1. The topological polar surface area (TPSA) is 63.4 Å². The number of amides is 2. The fourth-order valence-corrected chi connectivity index (χ4v) is 3.91. The lowest BCUT2D eigenvalue weighted by atomic mass is 9.93. The van der Waals surface area contributed by atoms with Crippen molar-refractivity contribution in [1.29, 1.82) is 0 Å². The van der Waals surface area contributed by atoms with Crippen LogP contribution in [0.1, 0.15) is 34.5 Å². The Bertz CT molecular complexity index is 775. The van der Waals surface area contributed by atoms with E-state index in [0.29, 0.717) is 12.1 Å². The molecule has 2 amide bonds. The van der Waals surface area contributed by atoms with Gasteiger partial charge in [-0.05, 0) is 36.6 Å². The highest BCUT2D eigenvalue weighted by Gasteiger charge is 2.29. The first kappa shape index (κ1) is 16.6. The monoisotopic (exact) mass is 340 g/mol. The maximum absolute atomic E-state index is 13.1. The van der Waals surface area contributed by atoms with Crippen LogP contribution < -0.4 is 5.73 Å². The molecule has 0 saturated heterocycles. The zero-order valence-corrected chi connectivity index (χ0v) is 14.4. The van der Waals surface area contributed by atoms with Gasteiger partial charge in [0, 0.05) is 11.4 Å². The van der Waals surface area contributed by atoms with Gasteiger partial charge in [0.2, 0.25) is 5.91 Å². The largest absolute Gasteiger partial charge is 0.369 e. The third-order valence-corrected chi connectivity index (χ3v) is 5.44. The molecule has 0 saturated carbocycles. The van der Waals surface area contributed by atoms with Crippen LogP contribution in [0.2, 0.25) is 0 Å². The third-order valence-electron chi connectivity index (χ3n) is 4.34. The predicted molar refractivity (Wildman–Crippen MR) is 96.0 cm³/mol. The van der Waals surface area contributed by atoms with E-state index in [1.165, 1.54) is 22.9 Å². The molecular weight excluding hydrogens is 320 g/mol. The zero-order valence-electron chi connectivity index (χ0n) is 13.6. The Balaban J connectivity index is 1.86. The molecule has 0 bridgehead atoms. The van der Waals surface area contributed by atoms with E-state index in [-0.39, 0.29) is 23.6 Å². The molecule has 5 heteroatoms. The van der Waals surface area contributed by atoms with Crippen molar-refractivity contribution in [1.82, 2.24) is 4.90 Å². The summed E-state index contributed by atoms with van der Waals surface area (Å²) in [5.41, 5.74) is 8.38. The summed E-state index contributed by atoms with van der Waals surface area (Å²) in [5.74, 6) is -0.213. The summed E-state index contributed by atoms with van der Waals surface area (Å²) < 4.78 is 0. The Kier molecular flexibility index (Phi) is 4.90. The van der Waals surface area contributed by atoms with Crippen molar-refractivity contribution in [2.24, 2.45) is 5.73 Å². The summed E-state index contributed by atoms with van der Waals surface area (Å²) in [4.78, 5) is 26.8. The molecule has 1 atom stereocenters. The highest BCUT2D eigenvalue weighted by molar-refractivity contribution is 8.00. The number of carbonyl (C=O) groups is 2. The highest BCUT2D eigenvalue weighted by Crippen LogP contribution is 2.32. The average Bonchev–Trinajstić information content (AvgIpc) is 2.60. The van der Waals surface area contributed by atoms with E-state index in [4.69, 9.17) is 5.73 Å². The van der Waals surface area contributed by atoms with E-state index in [2.05, 4.69) is 19.1 Å². The number of benzene rings is 2. The average molecular weight is 340 g/mol. The minimum Gasteiger partial charge on any atom is -0.369 e. The zero-order chi connectivity index (χ0) is 17.1. The molecule has 2 aromatic rings. The first-order chi connectivity index (χ1) is 11.6.